The highest BCUT2D eigenvalue weighted by Gasteiger charge is 2.24. The van der Waals surface area contributed by atoms with E-state index in [0.717, 1.165) is 22.4 Å². The Morgan fingerprint density at radius 2 is 1.76 bits per heavy atom. The standard InChI is InChI=1S/C27H29NO6/c1-19(7-2-5-12-25(30)31)26(21-13-15-22(16-14-21)33-18-17-29)34-27(32)28-24-11-6-9-20-8-3-4-10-23(20)24/h3-6,8-16,19,26,29H,2,7,17-18H2,1H3,(H,28,32)(H,30,31)/b12-5+/t19-,26+/m1/s1. The van der Waals surface area contributed by atoms with Crippen LogP contribution in [0.25, 0.3) is 10.8 Å². The minimum Gasteiger partial charge on any atom is -0.491 e. The van der Waals surface area contributed by atoms with Crippen molar-refractivity contribution >= 4 is 28.5 Å². The molecule has 0 radical (unpaired) electrons. The first-order valence-corrected chi connectivity index (χ1v) is 11.2. The van der Waals surface area contributed by atoms with Gasteiger partial charge in [0.2, 0.25) is 0 Å². The smallest absolute Gasteiger partial charge is 0.412 e. The van der Waals surface area contributed by atoms with E-state index in [-0.39, 0.29) is 19.1 Å². The van der Waals surface area contributed by atoms with Gasteiger partial charge in [0.05, 0.1) is 12.3 Å². The molecule has 7 heteroatoms. The molecule has 0 aliphatic rings. The summed E-state index contributed by atoms with van der Waals surface area (Å²) in [6.45, 7) is 2.07. The molecule has 0 aromatic heterocycles. The number of aliphatic carboxylic acids is 1. The summed E-state index contributed by atoms with van der Waals surface area (Å²) in [5.41, 5.74) is 1.45. The Bertz CT molecular complexity index is 1120. The number of hydrogen-bond donors (Lipinski definition) is 3. The Hall–Kier alpha value is -3.84. The van der Waals surface area contributed by atoms with Crippen LogP contribution in [0.2, 0.25) is 0 Å². The van der Waals surface area contributed by atoms with Gasteiger partial charge >= 0.3 is 12.1 Å². The molecule has 0 aliphatic carbocycles. The van der Waals surface area contributed by atoms with Crippen molar-refractivity contribution in [3.8, 4) is 5.75 Å². The third kappa shape index (κ3) is 7.08. The molecule has 0 fully saturated rings. The number of allylic oxidation sites excluding steroid dienone is 1. The third-order valence-electron chi connectivity index (χ3n) is 5.39. The molecule has 0 saturated carbocycles. The average Bonchev–Trinajstić information content (AvgIpc) is 2.84. The van der Waals surface area contributed by atoms with E-state index in [4.69, 9.17) is 19.7 Å². The summed E-state index contributed by atoms with van der Waals surface area (Å²) < 4.78 is 11.3. The van der Waals surface area contributed by atoms with Gasteiger partial charge in [0.25, 0.3) is 0 Å². The molecule has 3 rings (SSSR count). The van der Waals surface area contributed by atoms with Crippen molar-refractivity contribution in [2.75, 3.05) is 18.5 Å². The Balaban J connectivity index is 1.76. The van der Waals surface area contributed by atoms with Crippen LogP contribution in [0.15, 0.2) is 78.9 Å². The fourth-order valence-corrected chi connectivity index (χ4v) is 3.71. The van der Waals surface area contributed by atoms with Crippen molar-refractivity contribution in [3.05, 3.63) is 84.4 Å². The first-order valence-electron chi connectivity index (χ1n) is 11.2. The number of carboxylic acid groups (broad SMARTS) is 1. The second kappa shape index (κ2) is 12.4. The molecule has 7 nitrogen and oxygen atoms in total. The maximum absolute atomic E-state index is 12.9. The maximum atomic E-state index is 12.9. The molecule has 3 aromatic carbocycles. The van der Waals surface area contributed by atoms with Crippen molar-refractivity contribution in [1.29, 1.82) is 0 Å². The van der Waals surface area contributed by atoms with E-state index in [0.29, 0.717) is 24.3 Å². The quantitative estimate of drug-likeness (QED) is 0.322. The van der Waals surface area contributed by atoms with E-state index in [9.17, 15) is 9.59 Å². The lowest BCUT2D eigenvalue weighted by molar-refractivity contribution is -0.131. The molecule has 3 N–H and O–H groups in total. The first-order chi connectivity index (χ1) is 16.5. The van der Waals surface area contributed by atoms with Crippen LogP contribution in [0, 0.1) is 5.92 Å². The number of anilines is 1. The number of carbonyl (C=O) groups excluding carboxylic acids is 1. The highest BCUT2D eigenvalue weighted by atomic mass is 16.6. The van der Waals surface area contributed by atoms with Crippen LogP contribution in [0.5, 0.6) is 5.75 Å². The molecule has 0 bridgehead atoms. The van der Waals surface area contributed by atoms with Gasteiger partial charge in [-0.1, -0.05) is 61.5 Å². The second-order valence-electron chi connectivity index (χ2n) is 7.91. The molecule has 0 saturated heterocycles. The van der Waals surface area contributed by atoms with E-state index in [2.05, 4.69) is 5.32 Å². The van der Waals surface area contributed by atoms with Gasteiger partial charge in [-0.2, -0.15) is 0 Å². The largest absolute Gasteiger partial charge is 0.491 e. The normalized spacial score (nSPS) is 12.9. The number of rotatable bonds is 11. The lowest BCUT2D eigenvalue weighted by Crippen LogP contribution is -2.22. The Labute approximate surface area is 198 Å². The Morgan fingerprint density at radius 1 is 1.03 bits per heavy atom. The number of aliphatic hydroxyl groups excluding tert-OH is 1. The number of ether oxygens (including phenoxy) is 2. The maximum Gasteiger partial charge on any atom is 0.412 e. The van der Waals surface area contributed by atoms with E-state index in [1.807, 2.05) is 61.5 Å². The van der Waals surface area contributed by atoms with Gasteiger partial charge in [0, 0.05) is 11.5 Å². The number of benzene rings is 3. The number of aliphatic hydroxyl groups is 1. The van der Waals surface area contributed by atoms with Crippen molar-refractivity contribution in [1.82, 2.24) is 0 Å². The van der Waals surface area contributed by atoms with Crippen LogP contribution in [0.3, 0.4) is 0 Å². The van der Waals surface area contributed by atoms with Crippen LogP contribution < -0.4 is 10.1 Å². The van der Waals surface area contributed by atoms with Crippen LogP contribution in [0.1, 0.15) is 31.4 Å². The molecule has 0 aliphatic heterocycles. The zero-order chi connectivity index (χ0) is 24.3. The Kier molecular flexibility index (Phi) is 9.05. The number of carbonyl (C=O) groups is 2. The second-order valence-corrected chi connectivity index (χ2v) is 7.91. The number of hydrogen-bond acceptors (Lipinski definition) is 5. The van der Waals surface area contributed by atoms with E-state index in [1.165, 1.54) is 0 Å². The minimum absolute atomic E-state index is 0.0806. The van der Waals surface area contributed by atoms with Crippen LogP contribution in [0.4, 0.5) is 10.5 Å². The summed E-state index contributed by atoms with van der Waals surface area (Å²) >= 11 is 0. The SMILES string of the molecule is C[C@H](CC/C=C/C(=O)O)[C@H](OC(=O)Nc1cccc2ccccc12)c1ccc(OCCO)cc1. The van der Waals surface area contributed by atoms with Crippen molar-refractivity contribution < 1.29 is 29.3 Å². The molecular weight excluding hydrogens is 434 g/mol. The Morgan fingerprint density at radius 3 is 2.50 bits per heavy atom. The highest BCUT2D eigenvalue weighted by molar-refractivity contribution is 6.00. The zero-order valence-electron chi connectivity index (χ0n) is 19.0. The lowest BCUT2D eigenvalue weighted by atomic mass is 9.93. The van der Waals surface area contributed by atoms with Gasteiger partial charge in [-0.3, -0.25) is 5.32 Å². The molecule has 2 atom stereocenters. The zero-order valence-corrected chi connectivity index (χ0v) is 19.0. The molecule has 3 aromatic rings. The monoisotopic (exact) mass is 463 g/mol. The summed E-state index contributed by atoms with van der Waals surface area (Å²) in [5, 5.41) is 22.5. The summed E-state index contributed by atoms with van der Waals surface area (Å²) in [6.07, 6.45) is 2.74. The average molecular weight is 464 g/mol. The van der Waals surface area contributed by atoms with E-state index < -0.39 is 18.2 Å². The summed E-state index contributed by atoms with van der Waals surface area (Å²) in [5.74, 6) is -0.469. The molecule has 1 amide bonds. The number of amides is 1. The highest BCUT2D eigenvalue weighted by Crippen LogP contribution is 2.32. The van der Waals surface area contributed by atoms with Gasteiger partial charge < -0.3 is 19.7 Å². The molecule has 34 heavy (non-hydrogen) atoms. The summed E-state index contributed by atoms with van der Waals surface area (Å²) in [4.78, 5) is 23.6. The van der Waals surface area contributed by atoms with Gasteiger partial charge in [-0.15, -0.1) is 0 Å². The minimum atomic E-state index is -0.992. The predicted molar refractivity (Wildman–Crippen MR) is 131 cm³/mol. The van der Waals surface area contributed by atoms with Gasteiger partial charge in [0.1, 0.15) is 18.5 Å². The summed E-state index contributed by atoms with van der Waals surface area (Å²) in [7, 11) is 0. The van der Waals surface area contributed by atoms with Crippen LogP contribution >= 0.6 is 0 Å². The number of fused-ring (bicyclic) bond motifs is 1. The molecule has 0 spiro atoms. The fourth-order valence-electron chi connectivity index (χ4n) is 3.71. The van der Waals surface area contributed by atoms with Gasteiger partial charge in [0.15, 0.2) is 0 Å². The topological polar surface area (TPSA) is 105 Å². The molecule has 178 valence electrons. The van der Waals surface area contributed by atoms with E-state index in [1.54, 1.807) is 18.2 Å². The van der Waals surface area contributed by atoms with Gasteiger partial charge in [-0.25, -0.2) is 9.59 Å². The predicted octanol–water partition coefficient (Wildman–Crippen LogP) is 5.56. The van der Waals surface area contributed by atoms with Crippen molar-refractivity contribution in [2.24, 2.45) is 5.92 Å². The fraction of sp³-hybridized carbons (Fsp3) is 0.259. The molecule has 0 heterocycles. The lowest BCUT2D eigenvalue weighted by Gasteiger charge is -2.25. The number of nitrogens with one attached hydrogen (secondary N) is 1. The van der Waals surface area contributed by atoms with Crippen LogP contribution in [-0.2, 0) is 9.53 Å². The molecular formula is C27H29NO6. The number of carboxylic acids is 1. The van der Waals surface area contributed by atoms with E-state index >= 15 is 0 Å². The van der Waals surface area contributed by atoms with Crippen LogP contribution in [-0.4, -0.2) is 35.5 Å². The third-order valence-corrected chi connectivity index (χ3v) is 5.39. The van der Waals surface area contributed by atoms with Gasteiger partial charge in [-0.05, 0) is 47.9 Å². The molecule has 0 unspecified atom stereocenters. The van der Waals surface area contributed by atoms with Crippen molar-refractivity contribution in [3.63, 3.8) is 0 Å². The first kappa shape index (κ1) is 24.8. The summed E-state index contributed by atoms with van der Waals surface area (Å²) in [6, 6.07) is 20.6. The van der Waals surface area contributed by atoms with Crippen molar-refractivity contribution in [2.45, 2.75) is 25.9 Å².